The van der Waals surface area contributed by atoms with Gasteiger partial charge in [-0.2, -0.15) is 0 Å². The second-order valence-electron chi connectivity index (χ2n) is 4.43. The predicted molar refractivity (Wildman–Crippen MR) is 77.7 cm³/mol. The average molecular weight is 289 g/mol. The van der Waals surface area contributed by atoms with E-state index < -0.39 is 11.0 Å². The van der Waals surface area contributed by atoms with E-state index in [-0.39, 0.29) is 23.9 Å². The van der Waals surface area contributed by atoms with Gasteiger partial charge in [-0.1, -0.05) is 30.3 Å². The van der Waals surface area contributed by atoms with Crippen LogP contribution in [0.15, 0.2) is 36.7 Å². The van der Waals surface area contributed by atoms with Crippen LogP contribution in [0.4, 0.5) is 17.3 Å². The number of nitrogens with one attached hydrogen (secondary N) is 1. The molecule has 4 N–H and O–H groups in total. The van der Waals surface area contributed by atoms with Crippen molar-refractivity contribution in [2.45, 2.75) is 12.5 Å². The fourth-order valence-corrected chi connectivity index (χ4v) is 1.93. The van der Waals surface area contributed by atoms with Gasteiger partial charge in [0.05, 0.1) is 17.6 Å². The summed E-state index contributed by atoms with van der Waals surface area (Å²) < 4.78 is 0. The van der Waals surface area contributed by atoms with Gasteiger partial charge in [-0.15, -0.1) is 0 Å². The van der Waals surface area contributed by atoms with Crippen LogP contribution in [-0.2, 0) is 6.42 Å². The Bertz CT molecular complexity index is 620. The predicted octanol–water partition coefficient (Wildman–Crippen LogP) is 0.982. The van der Waals surface area contributed by atoms with Crippen molar-refractivity contribution in [3.63, 3.8) is 0 Å². The maximum atomic E-state index is 11.0. The third-order valence-electron chi connectivity index (χ3n) is 2.92. The van der Waals surface area contributed by atoms with Gasteiger partial charge in [0, 0.05) is 0 Å². The van der Waals surface area contributed by atoms with Crippen molar-refractivity contribution in [3.05, 3.63) is 52.3 Å². The molecule has 8 heteroatoms. The Balaban J connectivity index is 2.19. The number of aromatic nitrogens is 2. The van der Waals surface area contributed by atoms with E-state index in [1.165, 1.54) is 0 Å². The Morgan fingerprint density at radius 2 is 2.05 bits per heavy atom. The first-order valence-electron chi connectivity index (χ1n) is 6.28. The molecule has 0 aliphatic carbocycles. The molecule has 0 aliphatic rings. The zero-order valence-electron chi connectivity index (χ0n) is 11.1. The number of benzene rings is 1. The molecule has 1 atom stereocenters. The molecule has 0 spiro atoms. The molecule has 0 radical (unpaired) electrons. The Kier molecular flexibility index (Phi) is 4.62. The first-order chi connectivity index (χ1) is 10.1. The lowest BCUT2D eigenvalue weighted by Crippen LogP contribution is -2.27. The van der Waals surface area contributed by atoms with E-state index in [4.69, 9.17) is 5.73 Å². The summed E-state index contributed by atoms with van der Waals surface area (Å²) in [7, 11) is 0. The van der Waals surface area contributed by atoms with Gasteiger partial charge >= 0.3 is 5.69 Å². The summed E-state index contributed by atoms with van der Waals surface area (Å²) in [6.45, 7) is -0.198. The lowest BCUT2D eigenvalue weighted by molar-refractivity contribution is -0.383. The van der Waals surface area contributed by atoms with Gasteiger partial charge in [-0.25, -0.2) is 9.97 Å². The second kappa shape index (κ2) is 6.62. The molecular weight excluding hydrogens is 274 g/mol. The number of rotatable bonds is 6. The van der Waals surface area contributed by atoms with Crippen molar-refractivity contribution >= 4 is 17.3 Å². The molecule has 0 saturated carbocycles. The Morgan fingerprint density at radius 3 is 2.67 bits per heavy atom. The van der Waals surface area contributed by atoms with E-state index >= 15 is 0 Å². The SMILES string of the molecule is Nc1ncnc(NC(CO)Cc2ccccc2)c1[N+](=O)[O-]. The van der Waals surface area contributed by atoms with E-state index in [0.717, 1.165) is 11.9 Å². The van der Waals surface area contributed by atoms with Crippen LogP contribution in [0.25, 0.3) is 0 Å². The van der Waals surface area contributed by atoms with Crippen LogP contribution in [-0.4, -0.2) is 32.6 Å². The fourth-order valence-electron chi connectivity index (χ4n) is 1.93. The van der Waals surface area contributed by atoms with Crippen molar-refractivity contribution in [1.29, 1.82) is 0 Å². The number of aliphatic hydroxyl groups is 1. The van der Waals surface area contributed by atoms with E-state index in [1.54, 1.807) is 0 Å². The quantitative estimate of drug-likeness (QED) is 0.534. The summed E-state index contributed by atoms with van der Waals surface area (Å²) in [5, 5.41) is 23.3. The summed E-state index contributed by atoms with van der Waals surface area (Å²) in [6, 6.07) is 9.06. The Labute approximate surface area is 120 Å². The second-order valence-corrected chi connectivity index (χ2v) is 4.43. The minimum absolute atomic E-state index is 0.00230. The number of nitrogens with two attached hydrogens (primary N) is 1. The molecule has 0 aliphatic heterocycles. The minimum Gasteiger partial charge on any atom is -0.394 e. The van der Waals surface area contributed by atoms with E-state index in [2.05, 4.69) is 15.3 Å². The number of nitro groups is 1. The molecule has 1 aromatic heterocycles. The molecule has 110 valence electrons. The molecular formula is C13H15N5O3. The zero-order valence-corrected chi connectivity index (χ0v) is 11.1. The van der Waals surface area contributed by atoms with Gasteiger partial charge in [0.1, 0.15) is 6.33 Å². The smallest absolute Gasteiger partial charge is 0.352 e. The molecule has 8 nitrogen and oxygen atoms in total. The van der Waals surface area contributed by atoms with Crippen LogP contribution in [0.1, 0.15) is 5.56 Å². The molecule has 0 amide bonds. The summed E-state index contributed by atoms with van der Waals surface area (Å²) in [5.74, 6) is -0.212. The number of anilines is 2. The molecule has 2 rings (SSSR count). The van der Waals surface area contributed by atoms with Gasteiger partial charge in [0.2, 0.25) is 11.6 Å². The highest BCUT2D eigenvalue weighted by molar-refractivity contribution is 5.67. The number of hydrogen-bond donors (Lipinski definition) is 3. The average Bonchev–Trinajstić information content (AvgIpc) is 2.47. The fraction of sp³-hybridized carbons (Fsp3) is 0.231. The Hall–Kier alpha value is -2.74. The largest absolute Gasteiger partial charge is 0.394 e. The molecule has 1 aromatic carbocycles. The van der Waals surface area contributed by atoms with E-state index in [0.29, 0.717) is 6.42 Å². The van der Waals surface area contributed by atoms with Crippen molar-refractivity contribution in [1.82, 2.24) is 9.97 Å². The van der Waals surface area contributed by atoms with Crippen LogP contribution < -0.4 is 11.1 Å². The normalized spacial score (nSPS) is 11.9. The van der Waals surface area contributed by atoms with Gasteiger partial charge in [0.25, 0.3) is 0 Å². The monoisotopic (exact) mass is 289 g/mol. The van der Waals surface area contributed by atoms with E-state index in [1.807, 2.05) is 30.3 Å². The Morgan fingerprint density at radius 1 is 1.33 bits per heavy atom. The van der Waals surface area contributed by atoms with E-state index in [9.17, 15) is 15.2 Å². The standard InChI is InChI=1S/C13H15N5O3/c14-12-11(18(20)21)13(16-8-15-12)17-10(7-19)6-9-4-2-1-3-5-9/h1-5,8,10,19H,6-7H2,(H3,14,15,16,17). The van der Waals surface area contributed by atoms with Crippen LogP contribution in [0.3, 0.4) is 0 Å². The zero-order chi connectivity index (χ0) is 15.2. The summed E-state index contributed by atoms with van der Waals surface area (Å²) >= 11 is 0. The third kappa shape index (κ3) is 3.63. The number of nitrogen functional groups attached to an aromatic ring is 1. The first-order valence-corrected chi connectivity index (χ1v) is 6.28. The molecule has 1 heterocycles. The lowest BCUT2D eigenvalue weighted by Gasteiger charge is -2.17. The van der Waals surface area contributed by atoms with Gasteiger partial charge in [-0.3, -0.25) is 10.1 Å². The molecule has 21 heavy (non-hydrogen) atoms. The van der Waals surface area contributed by atoms with Crippen molar-refractivity contribution in [2.24, 2.45) is 0 Å². The van der Waals surface area contributed by atoms with Crippen LogP contribution in [0.2, 0.25) is 0 Å². The summed E-state index contributed by atoms with van der Waals surface area (Å²) in [6.07, 6.45) is 1.64. The highest BCUT2D eigenvalue weighted by Crippen LogP contribution is 2.27. The number of aliphatic hydroxyl groups excluding tert-OH is 1. The maximum Gasteiger partial charge on any atom is 0.352 e. The maximum absolute atomic E-state index is 11.0. The minimum atomic E-state index is -0.644. The van der Waals surface area contributed by atoms with Gasteiger partial charge in [-0.05, 0) is 12.0 Å². The molecule has 0 saturated heterocycles. The lowest BCUT2D eigenvalue weighted by atomic mass is 10.1. The summed E-state index contributed by atoms with van der Waals surface area (Å²) in [4.78, 5) is 17.8. The molecule has 0 fully saturated rings. The van der Waals surface area contributed by atoms with Gasteiger partial charge in [0.15, 0.2) is 0 Å². The molecule has 0 bridgehead atoms. The third-order valence-corrected chi connectivity index (χ3v) is 2.92. The van der Waals surface area contributed by atoms with Gasteiger partial charge < -0.3 is 16.2 Å². The van der Waals surface area contributed by atoms with Crippen LogP contribution >= 0.6 is 0 Å². The first kappa shape index (κ1) is 14.7. The molecule has 1 unspecified atom stereocenters. The van der Waals surface area contributed by atoms with Crippen LogP contribution in [0, 0.1) is 10.1 Å². The highest BCUT2D eigenvalue weighted by Gasteiger charge is 2.23. The topological polar surface area (TPSA) is 127 Å². The number of nitrogens with zero attached hydrogens (tertiary/aromatic N) is 3. The van der Waals surface area contributed by atoms with Crippen molar-refractivity contribution in [3.8, 4) is 0 Å². The van der Waals surface area contributed by atoms with Crippen LogP contribution in [0.5, 0.6) is 0 Å². The molecule has 2 aromatic rings. The highest BCUT2D eigenvalue weighted by atomic mass is 16.6. The number of hydrogen-bond acceptors (Lipinski definition) is 7. The summed E-state index contributed by atoms with van der Waals surface area (Å²) in [5.41, 5.74) is 6.11. The van der Waals surface area contributed by atoms with Crippen molar-refractivity contribution < 1.29 is 10.0 Å². The van der Waals surface area contributed by atoms with Crippen molar-refractivity contribution in [2.75, 3.05) is 17.7 Å².